The first-order valence-corrected chi connectivity index (χ1v) is 6.08. The standard InChI is InChI=1S/C14H21NO3/c1-9(2)11-5-6-13(18-4)12(7-11)8-15-14(17)10(3)16/h5-7,9-10,16H,8H2,1-4H3,(H,15,17). The third-order valence-electron chi connectivity index (χ3n) is 2.80. The molecule has 0 bridgehead atoms. The van der Waals surface area contributed by atoms with Crippen LogP contribution in [0.2, 0.25) is 0 Å². The van der Waals surface area contributed by atoms with Crippen molar-refractivity contribution in [3.63, 3.8) is 0 Å². The molecule has 1 aromatic carbocycles. The molecule has 4 nitrogen and oxygen atoms in total. The molecule has 0 aliphatic heterocycles. The topological polar surface area (TPSA) is 58.6 Å². The zero-order valence-electron chi connectivity index (χ0n) is 11.4. The lowest BCUT2D eigenvalue weighted by molar-refractivity contribution is -0.128. The van der Waals surface area contributed by atoms with Crippen LogP contribution in [-0.2, 0) is 11.3 Å². The van der Waals surface area contributed by atoms with Gasteiger partial charge in [-0.3, -0.25) is 4.79 Å². The second-order valence-corrected chi connectivity index (χ2v) is 4.62. The predicted molar refractivity (Wildman–Crippen MR) is 70.6 cm³/mol. The van der Waals surface area contributed by atoms with E-state index in [0.29, 0.717) is 12.5 Å². The van der Waals surface area contributed by atoms with Gasteiger partial charge in [0.25, 0.3) is 0 Å². The van der Waals surface area contributed by atoms with Crippen molar-refractivity contribution in [2.45, 2.75) is 39.3 Å². The Balaban J connectivity index is 2.85. The summed E-state index contributed by atoms with van der Waals surface area (Å²) in [6.45, 7) is 6.02. The first-order chi connectivity index (χ1) is 8.45. The van der Waals surface area contributed by atoms with Crippen molar-refractivity contribution >= 4 is 5.91 Å². The van der Waals surface area contributed by atoms with Crippen molar-refractivity contribution in [1.82, 2.24) is 5.32 Å². The molecule has 0 aliphatic carbocycles. The molecular formula is C14H21NO3. The predicted octanol–water partition coefficient (Wildman–Crippen LogP) is 1.82. The van der Waals surface area contributed by atoms with E-state index in [2.05, 4.69) is 19.2 Å². The van der Waals surface area contributed by atoms with Crippen molar-refractivity contribution in [3.8, 4) is 5.75 Å². The quantitative estimate of drug-likeness (QED) is 0.839. The van der Waals surface area contributed by atoms with Gasteiger partial charge in [-0.15, -0.1) is 0 Å². The number of methoxy groups -OCH3 is 1. The number of benzene rings is 1. The van der Waals surface area contributed by atoms with Gasteiger partial charge in [0.05, 0.1) is 7.11 Å². The number of aliphatic hydroxyl groups excluding tert-OH is 1. The highest BCUT2D eigenvalue weighted by Crippen LogP contribution is 2.24. The normalized spacial score (nSPS) is 12.3. The summed E-state index contributed by atoms with van der Waals surface area (Å²) in [6, 6.07) is 5.94. The molecule has 2 N–H and O–H groups in total. The molecule has 0 saturated heterocycles. The molecule has 1 rings (SSSR count). The maximum absolute atomic E-state index is 11.3. The lowest BCUT2D eigenvalue weighted by Gasteiger charge is -2.14. The maximum atomic E-state index is 11.3. The van der Waals surface area contributed by atoms with Gasteiger partial charge in [0, 0.05) is 12.1 Å². The minimum Gasteiger partial charge on any atom is -0.496 e. The third kappa shape index (κ3) is 3.74. The van der Waals surface area contributed by atoms with Gasteiger partial charge in [0.15, 0.2) is 0 Å². The number of nitrogens with one attached hydrogen (secondary N) is 1. The Bertz CT molecular complexity index is 414. The summed E-state index contributed by atoms with van der Waals surface area (Å²) in [4.78, 5) is 11.3. The summed E-state index contributed by atoms with van der Waals surface area (Å²) >= 11 is 0. The molecule has 0 aliphatic rings. The van der Waals surface area contributed by atoms with Crippen LogP contribution in [0.4, 0.5) is 0 Å². The number of amides is 1. The van der Waals surface area contributed by atoms with Crippen LogP contribution >= 0.6 is 0 Å². The van der Waals surface area contributed by atoms with E-state index in [1.54, 1.807) is 7.11 Å². The van der Waals surface area contributed by atoms with Crippen LogP contribution < -0.4 is 10.1 Å². The fourth-order valence-electron chi connectivity index (χ4n) is 1.63. The minimum atomic E-state index is -0.996. The van der Waals surface area contributed by atoms with E-state index in [4.69, 9.17) is 9.84 Å². The van der Waals surface area contributed by atoms with Gasteiger partial charge in [-0.2, -0.15) is 0 Å². The fraction of sp³-hybridized carbons (Fsp3) is 0.500. The van der Waals surface area contributed by atoms with Crippen molar-refractivity contribution in [2.24, 2.45) is 0 Å². The number of hydrogen-bond acceptors (Lipinski definition) is 3. The molecule has 1 aromatic rings. The van der Waals surface area contributed by atoms with Crippen molar-refractivity contribution < 1.29 is 14.6 Å². The Kier molecular flexibility index (Phi) is 5.16. The summed E-state index contributed by atoms with van der Waals surface area (Å²) in [5.74, 6) is 0.777. The van der Waals surface area contributed by atoms with Crippen LogP contribution in [0.25, 0.3) is 0 Å². The third-order valence-corrected chi connectivity index (χ3v) is 2.80. The summed E-state index contributed by atoms with van der Waals surface area (Å²) in [5.41, 5.74) is 2.11. The van der Waals surface area contributed by atoms with E-state index in [-0.39, 0.29) is 5.91 Å². The van der Waals surface area contributed by atoms with Crippen LogP contribution in [-0.4, -0.2) is 24.2 Å². The molecule has 0 heterocycles. The van der Waals surface area contributed by atoms with E-state index in [1.807, 2.05) is 18.2 Å². The summed E-state index contributed by atoms with van der Waals surface area (Å²) in [6.07, 6.45) is -0.996. The van der Waals surface area contributed by atoms with E-state index < -0.39 is 6.10 Å². The lowest BCUT2D eigenvalue weighted by atomic mass is 10.00. The molecule has 0 fully saturated rings. The smallest absolute Gasteiger partial charge is 0.248 e. The van der Waals surface area contributed by atoms with Crippen LogP contribution in [0.5, 0.6) is 5.75 Å². The van der Waals surface area contributed by atoms with Crippen molar-refractivity contribution in [2.75, 3.05) is 7.11 Å². The maximum Gasteiger partial charge on any atom is 0.248 e. The number of carbonyl (C=O) groups excluding carboxylic acids is 1. The van der Waals surface area contributed by atoms with E-state index in [1.165, 1.54) is 12.5 Å². The fourth-order valence-corrected chi connectivity index (χ4v) is 1.63. The largest absolute Gasteiger partial charge is 0.496 e. The van der Waals surface area contributed by atoms with Gasteiger partial charge in [0.2, 0.25) is 5.91 Å². The lowest BCUT2D eigenvalue weighted by Crippen LogP contribution is -2.32. The van der Waals surface area contributed by atoms with Crippen LogP contribution in [0.3, 0.4) is 0 Å². The van der Waals surface area contributed by atoms with Gasteiger partial charge >= 0.3 is 0 Å². The summed E-state index contributed by atoms with van der Waals surface area (Å²) in [7, 11) is 1.60. The van der Waals surface area contributed by atoms with Crippen molar-refractivity contribution in [1.29, 1.82) is 0 Å². The number of ether oxygens (including phenoxy) is 1. The van der Waals surface area contributed by atoms with Gasteiger partial charge < -0.3 is 15.2 Å². The average molecular weight is 251 g/mol. The molecule has 18 heavy (non-hydrogen) atoms. The molecule has 0 spiro atoms. The molecule has 100 valence electrons. The van der Waals surface area contributed by atoms with Gasteiger partial charge in [-0.1, -0.05) is 26.0 Å². The Labute approximate surface area is 108 Å². The zero-order valence-corrected chi connectivity index (χ0v) is 11.4. The van der Waals surface area contributed by atoms with Crippen molar-refractivity contribution in [3.05, 3.63) is 29.3 Å². The van der Waals surface area contributed by atoms with E-state index >= 15 is 0 Å². The molecule has 0 aromatic heterocycles. The highest BCUT2D eigenvalue weighted by atomic mass is 16.5. The second-order valence-electron chi connectivity index (χ2n) is 4.62. The Morgan fingerprint density at radius 2 is 2.06 bits per heavy atom. The molecule has 1 unspecified atom stereocenters. The van der Waals surface area contributed by atoms with Crippen LogP contribution in [0.15, 0.2) is 18.2 Å². The second kappa shape index (κ2) is 6.40. The highest BCUT2D eigenvalue weighted by Gasteiger charge is 2.11. The number of aliphatic hydroxyl groups is 1. The molecule has 1 amide bonds. The average Bonchev–Trinajstić information content (AvgIpc) is 2.35. The first-order valence-electron chi connectivity index (χ1n) is 6.08. The van der Waals surface area contributed by atoms with Gasteiger partial charge in [-0.05, 0) is 24.5 Å². The number of carbonyl (C=O) groups is 1. The number of hydrogen-bond donors (Lipinski definition) is 2. The zero-order chi connectivity index (χ0) is 13.7. The number of rotatable bonds is 5. The van der Waals surface area contributed by atoms with Crippen LogP contribution in [0, 0.1) is 0 Å². The Hall–Kier alpha value is -1.55. The monoisotopic (exact) mass is 251 g/mol. The molecule has 1 atom stereocenters. The van der Waals surface area contributed by atoms with Gasteiger partial charge in [-0.25, -0.2) is 0 Å². The summed E-state index contributed by atoms with van der Waals surface area (Å²) in [5, 5.41) is 11.8. The summed E-state index contributed by atoms with van der Waals surface area (Å²) < 4.78 is 5.26. The SMILES string of the molecule is COc1ccc(C(C)C)cc1CNC(=O)C(C)O. The van der Waals surface area contributed by atoms with E-state index in [9.17, 15) is 4.79 Å². The molecular weight excluding hydrogens is 230 g/mol. The molecule has 4 heteroatoms. The molecule has 0 saturated carbocycles. The Morgan fingerprint density at radius 3 is 2.56 bits per heavy atom. The van der Waals surface area contributed by atoms with Gasteiger partial charge in [0.1, 0.15) is 11.9 Å². The first kappa shape index (κ1) is 14.5. The highest BCUT2D eigenvalue weighted by molar-refractivity contribution is 5.80. The van der Waals surface area contributed by atoms with E-state index in [0.717, 1.165) is 11.3 Å². The molecule has 0 radical (unpaired) electrons. The van der Waals surface area contributed by atoms with Crippen LogP contribution in [0.1, 0.15) is 37.8 Å². The minimum absolute atomic E-state index is 0.355. The Morgan fingerprint density at radius 1 is 1.39 bits per heavy atom.